The Bertz CT molecular complexity index is 490. The molecule has 0 aromatic heterocycles. The summed E-state index contributed by atoms with van der Waals surface area (Å²) < 4.78 is 9.71. The number of hydrogen-bond donors (Lipinski definition) is 4. The van der Waals surface area contributed by atoms with Crippen LogP contribution in [0.25, 0.3) is 0 Å². The van der Waals surface area contributed by atoms with Crippen LogP contribution in [0, 0.1) is 0 Å². The molecule has 0 bridgehead atoms. The molecular formula is C15H26N4O7. The normalized spacial score (nSPS) is 10.0. The third-order valence-corrected chi connectivity index (χ3v) is 2.75. The minimum absolute atomic E-state index is 0.0871. The van der Waals surface area contributed by atoms with Crippen LogP contribution in [0.5, 0.6) is 0 Å². The minimum Gasteiger partial charge on any atom is -0.464 e. The molecule has 11 heteroatoms. The number of ether oxygens (including phenoxy) is 2. The van der Waals surface area contributed by atoms with Crippen molar-refractivity contribution in [3.63, 3.8) is 0 Å². The number of carbonyl (C=O) groups is 5. The van der Waals surface area contributed by atoms with Crippen LogP contribution in [0.1, 0.15) is 26.7 Å². The van der Waals surface area contributed by atoms with Gasteiger partial charge in [0.1, 0.15) is 0 Å². The zero-order valence-corrected chi connectivity index (χ0v) is 15.0. The molecule has 5 N–H and O–H groups in total. The van der Waals surface area contributed by atoms with E-state index < -0.39 is 42.2 Å². The number of amides is 3. The Kier molecular flexibility index (Phi) is 12.2. The third kappa shape index (κ3) is 10.2. The van der Waals surface area contributed by atoms with Crippen LogP contribution in [0.15, 0.2) is 0 Å². The smallest absolute Gasteiger partial charge is 0.340 e. The molecule has 0 heterocycles. The highest BCUT2D eigenvalue weighted by molar-refractivity contribution is 6.03. The van der Waals surface area contributed by atoms with Gasteiger partial charge in [0, 0.05) is 0 Å². The average molecular weight is 374 g/mol. The molecule has 0 spiro atoms. The van der Waals surface area contributed by atoms with E-state index in [9.17, 15) is 24.0 Å². The molecule has 0 aliphatic rings. The van der Waals surface area contributed by atoms with E-state index in [4.69, 9.17) is 15.2 Å². The Hall–Kier alpha value is -2.69. The van der Waals surface area contributed by atoms with E-state index in [1.165, 1.54) is 0 Å². The fourth-order valence-corrected chi connectivity index (χ4v) is 1.49. The van der Waals surface area contributed by atoms with Crippen LogP contribution in [-0.2, 0) is 33.4 Å². The van der Waals surface area contributed by atoms with E-state index in [0.717, 1.165) is 0 Å². The maximum Gasteiger partial charge on any atom is 0.340 e. The van der Waals surface area contributed by atoms with Crippen molar-refractivity contribution in [1.82, 2.24) is 16.0 Å². The summed E-state index contributed by atoms with van der Waals surface area (Å²) in [6, 6.07) is -1.62. The van der Waals surface area contributed by atoms with Gasteiger partial charge in [0.2, 0.25) is 23.8 Å². The van der Waals surface area contributed by atoms with E-state index in [1.54, 1.807) is 13.8 Å². The summed E-state index contributed by atoms with van der Waals surface area (Å²) in [6.07, 6.45) is 1.09. The van der Waals surface area contributed by atoms with Crippen molar-refractivity contribution in [3.05, 3.63) is 0 Å². The highest BCUT2D eigenvalue weighted by Crippen LogP contribution is 1.96. The molecule has 26 heavy (non-hydrogen) atoms. The van der Waals surface area contributed by atoms with Gasteiger partial charge in [-0.25, -0.2) is 9.59 Å². The standard InChI is InChI=1S/C15H26N4O7/c1-3-5-25-14(23)13(15(24)26-6-4-2)19-12(22)9-18-11(21)8-17-10(20)7-16/h13H,3-9,16H2,1-2H3,(H,17,20)(H,18,21)(H,19,22). The minimum atomic E-state index is -1.62. The molecule has 0 rings (SSSR count). The number of esters is 2. The van der Waals surface area contributed by atoms with Crippen molar-refractivity contribution in [2.45, 2.75) is 32.7 Å². The van der Waals surface area contributed by atoms with E-state index in [1.807, 2.05) is 0 Å². The van der Waals surface area contributed by atoms with Crippen LogP contribution in [0.2, 0.25) is 0 Å². The Balaban J connectivity index is 4.55. The zero-order chi connectivity index (χ0) is 19.9. The van der Waals surface area contributed by atoms with Gasteiger partial charge < -0.3 is 31.2 Å². The summed E-state index contributed by atoms with van der Waals surface area (Å²) >= 11 is 0. The van der Waals surface area contributed by atoms with Crippen LogP contribution < -0.4 is 21.7 Å². The lowest BCUT2D eigenvalue weighted by molar-refractivity contribution is -0.160. The van der Waals surface area contributed by atoms with Crippen molar-refractivity contribution in [2.75, 3.05) is 32.8 Å². The van der Waals surface area contributed by atoms with Crippen LogP contribution >= 0.6 is 0 Å². The maximum atomic E-state index is 11.9. The predicted molar refractivity (Wildman–Crippen MR) is 89.5 cm³/mol. The summed E-state index contributed by atoms with van der Waals surface area (Å²) in [5.74, 6) is -3.84. The topological polar surface area (TPSA) is 166 Å². The molecule has 3 amide bonds. The van der Waals surface area contributed by atoms with Gasteiger partial charge in [0.25, 0.3) is 0 Å². The molecule has 0 aromatic carbocycles. The summed E-state index contributed by atoms with van der Waals surface area (Å²) in [4.78, 5) is 58.1. The fraction of sp³-hybridized carbons (Fsp3) is 0.667. The first kappa shape index (κ1) is 23.3. The number of nitrogens with two attached hydrogens (primary N) is 1. The molecule has 148 valence electrons. The summed E-state index contributed by atoms with van der Waals surface area (Å²) in [5.41, 5.74) is 5.07. The molecule has 0 aromatic rings. The van der Waals surface area contributed by atoms with Crippen molar-refractivity contribution >= 4 is 29.7 Å². The van der Waals surface area contributed by atoms with Crippen LogP contribution in [0.4, 0.5) is 0 Å². The summed E-state index contributed by atoms with van der Waals surface area (Å²) in [7, 11) is 0. The largest absolute Gasteiger partial charge is 0.464 e. The van der Waals surface area contributed by atoms with Gasteiger partial charge in [0.15, 0.2) is 0 Å². The molecule has 0 fully saturated rings. The average Bonchev–Trinajstić information content (AvgIpc) is 2.64. The van der Waals surface area contributed by atoms with Crippen molar-refractivity contribution in [1.29, 1.82) is 0 Å². The Morgan fingerprint density at radius 1 is 0.808 bits per heavy atom. The van der Waals surface area contributed by atoms with E-state index >= 15 is 0 Å². The SMILES string of the molecule is CCCOC(=O)C(NC(=O)CNC(=O)CNC(=O)CN)C(=O)OCCC. The van der Waals surface area contributed by atoms with Crippen LogP contribution in [0.3, 0.4) is 0 Å². The van der Waals surface area contributed by atoms with Gasteiger partial charge in [-0.05, 0) is 12.8 Å². The van der Waals surface area contributed by atoms with E-state index in [2.05, 4.69) is 16.0 Å². The lowest BCUT2D eigenvalue weighted by atomic mass is 10.3. The molecule has 0 saturated carbocycles. The van der Waals surface area contributed by atoms with Gasteiger partial charge in [-0.2, -0.15) is 0 Å². The second-order valence-electron chi connectivity index (χ2n) is 5.09. The Morgan fingerprint density at radius 2 is 1.27 bits per heavy atom. The molecule has 11 nitrogen and oxygen atoms in total. The monoisotopic (exact) mass is 374 g/mol. The summed E-state index contributed by atoms with van der Waals surface area (Å²) in [5, 5.41) is 6.60. The van der Waals surface area contributed by atoms with E-state index in [-0.39, 0.29) is 26.3 Å². The lowest BCUT2D eigenvalue weighted by Crippen LogP contribution is -2.51. The van der Waals surface area contributed by atoms with Gasteiger partial charge in [-0.15, -0.1) is 0 Å². The molecular weight excluding hydrogens is 348 g/mol. The lowest BCUT2D eigenvalue weighted by Gasteiger charge is -2.16. The molecule has 0 unspecified atom stereocenters. The summed E-state index contributed by atoms with van der Waals surface area (Å²) in [6.45, 7) is 2.59. The molecule has 0 saturated heterocycles. The first-order chi connectivity index (χ1) is 12.3. The highest BCUT2D eigenvalue weighted by Gasteiger charge is 2.31. The second kappa shape index (κ2) is 13.6. The van der Waals surface area contributed by atoms with Gasteiger partial charge in [0.05, 0.1) is 32.8 Å². The predicted octanol–water partition coefficient (Wildman–Crippen LogP) is -2.43. The zero-order valence-electron chi connectivity index (χ0n) is 15.0. The number of hydrogen-bond acceptors (Lipinski definition) is 8. The first-order valence-corrected chi connectivity index (χ1v) is 8.21. The molecule has 0 aliphatic heterocycles. The van der Waals surface area contributed by atoms with Gasteiger partial charge in [-0.3, -0.25) is 14.4 Å². The van der Waals surface area contributed by atoms with Crippen molar-refractivity contribution in [3.8, 4) is 0 Å². The first-order valence-electron chi connectivity index (χ1n) is 8.21. The molecule has 0 radical (unpaired) electrons. The molecule has 0 atom stereocenters. The third-order valence-electron chi connectivity index (χ3n) is 2.75. The van der Waals surface area contributed by atoms with Crippen molar-refractivity contribution in [2.24, 2.45) is 5.73 Å². The highest BCUT2D eigenvalue weighted by atomic mass is 16.6. The molecule has 0 aliphatic carbocycles. The van der Waals surface area contributed by atoms with Crippen LogP contribution in [-0.4, -0.2) is 68.6 Å². The van der Waals surface area contributed by atoms with Gasteiger partial charge >= 0.3 is 11.9 Å². The van der Waals surface area contributed by atoms with Gasteiger partial charge in [-0.1, -0.05) is 13.8 Å². The quantitative estimate of drug-likeness (QED) is 0.216. The van der Waals surface area contributed by atoms with E-state index in [0.29, 0.717) is 12.8 Å². The second-order valence-corrected chi connectivity index (χ2v) is 5.09. The number of carbonyl (C=O) groups excluding carboxylic acids is 5. The number of rotatable bonds is 12. The fourth-order valence-electron chi connectivity index (χ4n) is 1.49. The maximum absolute atomic E-state index is 11.9. The Morgan fingerprint density at radius 3 is 1.73 bits per heavy atom. The number of nitrogens with one attached hydrogen (secondary N) is 3. The Labute approximate surface area is 151 Å². The van der Waals surface area contributed by atoms with Crippen molar-refractivity contribution < 1.29 is 33.4 Å².